The number of hydrogen-bond acceptors (Lipinski definition) is 3. The zero-order valence-corrected chi connectivity index (χ0v) is 9.45. The average molecular weight is 223 g/mol. The molecule has 0 radical (unpaired) electrons. The van der Waals surface area contributed by atoms with E-state index < -0.39 is 0 Å². The summed E-state index contributed by atoms with van der Waals surface area (Å²) in [5.41, 5.74) is 2.00. The van der Waals surface area contributed by atoms with E-state index in [2.05, 4.69) is 16.0 Å². The van der Waals surface area contributed by atoms with E-state index in [-0.39, 0.29) is 5.92 Å². The van der Waals surface area contributed by atoms with Crippen molar-refractivity contribution in [1.29, 1.82) is 5.26 Å². The maximum atomic E-state index is 9.17. The molecular weight excluding hydrogens is 210 g/mol. The lowest BCUT2D eigenvalue weighted by molar-refractivity contribution is 0.729. The first kappa shape index (κ1) is 11.3. The quantitative estimate of drug-likeness (QED) is 0.800. The molecule has 0 spiro atoms. The fourth-order valence-corrected chi connectivity index (χ4v) is 1.74. The van der Waals surface area contributed by atoms with Gasteiger partial charge in [-0.05, 0) is 18.4 Å². The SMILES string of the molecule is N#CC(CCc1cnccn1)c1ccccc1. The van der Waals surface area contributed by atoms with E-state index in [9.17, 15) is 5.26 Å². The van der Waals surface area contributed by atoms with Gasteiger partial charge in [0.15, 0.2) is 0 Å². The van der Waals surface area contributed by atoms with Crippen LogP contribution in [0.25, 0.3) is 0 Å². The summed E-state index contributed by atoms with van der Waals surface area (Å²) >= 11 is 0. The highest BCUT2D eigenvalue weighted by Crippen LogP contribution is 2.19. The Morgan fingerprint density at radius 1 is 1.18 bits per heavy atom. The molecule has 1 aromatic carbocycles. The van der Waals surface area contributed by atoms with Gasteiger partial charge in [0.05, 0.1) is 17.7 Å². The zero-order chi connectivity index (χ0) is 11.9. The third-order valence-corrected chi connectivity index (χ3v) is 2.66. The van der Waals surface area contributed by atoms with Crippen LogP contribution in [0.4, 0.5) is 0 Å². The number of nitriles is 1. The molecule has 0 N–H and O–H groups in total. The molecule has 1 unspecified atom stereocenters. The van der Waals surface area contributed by atoms with Crippen molar-refractivity contribution >= 4 is 0 Å². The Kier molecular flexibility index (Phi) is 3.82. The second kappa shape index (κ2) is 5.76. The van der Waals surface area contributed by atoms with E-state index in [1.165, 1.54) is 0 Å². The summed E-state index contributed by atoms with van der Waals surface area (Å²) in [5, 5.41) is 9.17. The number of aromatic nitrogens is 2. The number of rotatable bonds is 4. The maximum absolute atomic E-state index is 9.17. The fraction of sp³-hybridized carbons (Fsp3) is 0.214. The predicted octanol–water partition coefficient (Wildman–Crippen LogP) is 2.72. The van der Waals surface area contributed by atoms with Crippen LogP contribution in [0.5, 0.6) is 0 Å². The van der Waals surface area contributed by atoms with Crippen LogP contribution in [-0.4, -0.2) is 9.97 Å². The Bertz CT molecular complexity index is 488. The van der Waals surface area contributed by atoms with Crippen molar-refractivity contribution in [1.82, 2.24) is 9.97 Å². The van der Waals surface area contributed by atoms with Gasteiger partial charge in [-0.25, -0.2) is 0 Å². The standard InChI is InChI=1S/C14H13N3/c15-10-13(12-4-2-1-3-5-12)6-7-14-11-16-8-9-17-14/h1-5,8-9,11,13H,6-7H2. The number of aryl methyl sites for hydroxylation is 1. The molecule has 1 aromatic heterocycles. The summed E-state index contributed by atoms with van der Waals surface area (Å²) in [6, 6.07) is 12.2. The average Bonchev–Trinajstić information content (AvgIpc) is 2.42. The van der Waals surface area contributed by atoms with Crippen molar-refractivity contribution in [3.05, 3.63) is 60.2 Å². The molecule has 3 heteroatoms. The normalized spacial score (nSPS) is 11.7. The van der Waals surface area contributed by atoms with Crippen LogP contribution < -0.4 is 0 Å². The van der Waals surface area contributed by atoms with E-state index in [1.807, 2.05) is 30.3 Å². The highest BCUT2D eigenvalue weighted by atomic mass is 14.8. The van der Waals surface area contributed by atoms with E-state index in [1.54, 1.807) is 18.6 Å². The van der Waals surface area contributed by atoms with Crippen molar-refractivity contribution in [2.75, 3.05) is 0 Å². The Balaban J connectivity index is 2.01. The summed E-state index contributed by atoms with van der Waals surface area (Å²) in [6.45, 7) is 0. The van der Waals surface area contributed by atoms with Crippen LogP contribution >= 0.6 is 0 Å². The summed E-state index contributed by atoms with van der Waals surface area (Å²) in [4.78, 5) is 8.22. The van der Waals surface area contributed by atoms with Gasteiger partial charge >= 0.3 is 0 Å². The van der Waals surface area contributed by atoms with Crippen LogP contribution in [0.15, 0.2) is 48.9 Å². The van der Waals surface area contributed by atoms with Gasteiger partial charge < -0.3 is 0 Å². The van der Waals surface area contributed by atoms with Gasteiger partial charge in [-0.1, -0.05) is 30.3 Å². The van der Waals surface area contributed by atoms with Gasteiger partial charge in [-0.3, -0.25) is 9.97 Å². The van der Waals surface area contributed by atoms with Crippen LogP contribution in [0.2, 0.25) is 0 Å². The molecule has 17 heavy (non-hydrogen) atoms. The number of nitrogens with zero attached hydrogens (tertiary/aromatic N) is 3. The van der Waals surface area contributed by atoms with Gasteiger partial charge in [-0.15, -0.1) is 0 Å². The molecule has 2 aromatic rings. The molecule has 0 aliphatic rings. The highest BCUT2D eigenvalue weighted by Gasteiger charge is 2.10. The molecule has 0 aliphatic carbocycles. The molecular formula is C14H13N3. The van der Waals surface area contributed by atoms with E-state index in [0.29, 0.717) is 0 Å². The van der Waals surface area contributed by atoms with Crippen molar-refractivity contribution < 1.29 is 0 Å². The second-order valence-electron chi connectivity index (χ2n) is 3.83. The fourth-order valence-electron chi connectivity index (χ4n) is 1.74. The monoisotopic (exact) mass is 223 g/mol. The first-order valence-corrected chi connectivity index (χ1v) is 5.59. The number of benzene rings is 1. The first-order chi connectivity index (χ1) is 8.40. The van der Waals surface area contributed by atoms with Crippen LogP contribution in [0.3, 0.4) is 0 Å². The third-order valence-electron chi connectivity index (χ3n) is 2.66. The summed E-state index contributed by atoms with van der Waals surface area (Å²) in [6.07, 6.45) is 6.64. The molecule has 0 saturated heterocycles. The minimum Gasteiger partial charge on any atom is -0.261 e. The van der Waals surface area contributed by atoms with Crippen LogP contribution in [-0.2, 0) is 6.42 Å². The van der Waals surface area contributed by atoms with E-state index in [4.69, 9.17) is 0 Å². The minimum absolute atomic E-state index is 0.0711. The smallest absolute Gasteiger partial charge is 0.0716 e. The molecule has 1 atom stereocenters. The molecule has 1 heterocycles. The van der Waals surface area contributed by atoms with Crippen LogP contribution in [0.1, 0.15) is 23.6 Å². The van der Waals surface area contributed by atoms with Gasteiger partial charge in [-0.2, -0.15) is 5.26 Å². The topological polar surface area (TPSA) is 49.6 Å². The Labute approximate surface area is 101 Å². The van der Waals surface area contributed by atoms with Gasteiger partial charge in [0, 0.05) is 18.6 Å². The molecule has 3 nitrogen and oxygen atoms in total. The lowest BCUT2D eigenvalue weighted by Crippen LogP contribution is -1.99. The summed E-state index contributed by atoms with van der Waals surface area (Å²) in [7, 11) is 0. The maximum Gasteiger partial charge on any atom is 0.0716 e. The second-order valence-corrected chi connectivity index (χ2v) is 3.83. The molecule has 0 amide bonds. The number of hydrogen-bond donors (Lipinski definition) is 0. The molecule has 0 aliphatic heterocycles. The van der Waals surface area contributed by atoms with Crippen molar-refractivity contribution in [3.8, 4) is 6.07 Å². The van der Waals surface area contributed by atoms with Gasteiger partial charge in [0.25, 0.3) is 0 Å². The first-order valence-electron chi connectivity index (χ1n) is 5.59. The lowest BCUT2D eigenvalue weighted by atomic mass is 9.95. The third kappa shape index (κ3) is 3.12. The largest absolute Gasteiger partial charge is 0.261 e. The van der Waals surface area contributed by atoms with Crippen molar-refractivity contribution in [3.63, 3.8) is 0 Å². The molecule has 0 bridgehead atoms. The summed E-state index contributed by atoms with van der Waals surface area (Å²) in [5.74, 6) is -0.0711. The predicted molar refractivity (Wildman–Crippen MR) is 65.1 cm³/mol. The zero-order valence-electron chi connectivity index (χ0n) is 9.45. The molecule has 84 valence electrons. The summed E-state index contributed by atoms with van der Waals surface area (Å²) < 4.78 is 0. The van der Waals surface area contributed by atoms with E-state index in [0.717, 1.165) is 24.1 Å². The Morgan fingerprint density at radius 3 is 2.65 bits per heavy atom. The lowest BCUT2D eigenvalue weighted by Gasteiger charge is -2.08. The van der Waals surface area contributed by atoms with Crippen molar-refractivity contribution in [2.24, 2.45) is 0 Å². The molecule has 2 rings (SSSR count). The van der Waals surface area contributed by atoms with E-state index >= 15 is 0 Å². The van der Waals surface area contributed by atoms with Gasteiger partial charge in [0.2, 0.25) is 0 Å². The van der Waals surface area contributed by atoms with Gasteiger partial charge in [0.1, 0.15) is 0 Å². The molecule has 0 fully saturated rings. The Morgan fingerprint density at radius 2 is 2.00 bits per heavy atom. The molecule has 0 saturated carbocycles. The highest BCUT2D eigenvalue weighted by molar-refractivity contribution is 5.24. The minimum atomic E-state index is -0.0711. The van der Waals surface area contributed by atoms with Crippen molar-refractivity contribution in [2.45, 2.75) is 18.8 Å². The van der Waals surface area contributed by atoms with Crippen LogP contribution in [0, 0.1) is 11.3 Å². The Hall–Kier alpha value is -2.21.